The Kier molecular flexibility index (Phi) is 3.71. The minimum absolute atomic E-state index is 0.0604. The van der Waals surface area contributed by atoms with E-state index < -0.39 is 11.9 Å². The lowest BCUT2D eigenvalue weighted by Crippen LogP contribution is -2.24. The summed E-state index contributed by atoms with van der Waals surface area (Å²) in [6.07, 6.45) is 3.90. The highest BCUT2D eigenvalue weighted by molar-refractivity contribution is 5.69. The Bertz CT molecular complexity index is 430. The molecule has 2 nitrogen and oxygen atoms in total. The van der Waals surface area contributed by atoms with Gasteiger partial charge in [0.05, 0.1) is 0 Å². The molecule has 5 heteroatoms. The number of likely N-dealkylation sites (N-methyl/N-ethyl adjacent to an activating group) is 1. The second-order valence-corrected chi connectivity index (χ2v) is 4.36. The largest absolute Gasteiger partial charge is 0.433 e. The molecule has 98 valence electrons. The third kappa shape index (κ3) is 2.90. The van der Waals surface area contributed by atoms with Gasteiger partial charge in [0.15, 0.2) is 0 Å². The van der Waals surface area contributed by atoms with Gasteiger partial charge in [-0.2, -0.15) is 13.2 Å². The summed E-state index contributed by atoms with van der Waals surface area (Å²) in [6.45, 7) is 3.61. The van der Waals surface area contributed by atoms with Crippen LogP contribution in [0.3, 0.4) is 0 Å². The molecule has 0 spiro atoms. The van der Waals surface area contributed by atoms with Crippen LogP contribution in [0.4, 0.5) is 13.2 Å². The number of aliphatic imine (C=N–C) groups is 1. The number of nitrogens with zero attached hydrogens (tertiary/aromatic N) is 1. The van der Waals surface area contributed by atoms with E-state index in [1.165, 1.54) is 12.3 Å². The smallest absolute Gasteiger partial charge is 0.313 e. The molecule has 1 aliphatic heterocycles. The molecule has 1 aliphatic carbocycles. The molecule has 0 bridgehead atoms. The lowest BCUT2D eigenvalue weighted by atomic mass is 9.84. The summed E-state index contributed by atoms with van der Waals surface area (Å²) in [5.74, 6) is -0.292. The fraction of sp³-hybridized carbons (Fsp3) is 0.462. The van der Waals surface area contributed by atoms with Crippen molar-refractivity contribution in [2.45, 2.75) is 13.1 Å². The van der Waals surface area contributed by atoms with Gasteiger partial charge < -0.3 is 5.32 Å². The first-order chi connectivity index (χ1) is 8.50. The monoisotopic (exact) mass is 256 g/mol. The molecule has 0 saturated carbocycles. The standard InChI is InChI=1S/C13H15F3N2/c1-2-17-7-9-3-4-10-6-12(13(14,15)16)18-8-11(10)5-9/h3-6,8,10-11,17H,2,7H2,1H3. The molecule has 0 saturated heterocycles. The van der Waals surface area contributed by atoms with Crippen LogP contribution in [-0.4, -0.2) is 25.5 Å². The number of rotatable bonds is 3. The molecule has 2 aliphatic rings. The van der Waals surface area contributed by atoms with E-state index in [1.807, 2.05) is 25.2 Å². The molecule has 2 rings (SSSR count). The molecule has 0 aromatic heterocycles. The summed E-state index contributed by atoms with van der Waals surface area (Å²) in [6, 6.07) is 0. The van der Waals surface area contributed by atoms with E-state index in [-0.39, 0.29) is 11.8 Å². The zero-order chi connectivity index (χ0) is 13.2. The molecule has 1 N–H and O–H groups in total. The number of fused-ring (bicyclic) bond motifs is 1. The Morgan fingerprint density at radius 1 is 1.28 bits per heavy atom. The van der Waals surface area contributed by atoms with E-state index in [9.17, 15) is 13.2 Å². The Morgan fingerprint density at radius 3 is 2.72 bits per heavy atom. The summed E-state index contributed by atoms with van der Waals surface area (Å²) >= 11 is 0. The first kappa shape index (κ1) is 13.1. The molecule has 2 atom stereocenters. The quantitative estimate of drug-likeness (QED) is 0.825. The topological polar surface area (TPSA) is 24.4 Å². The molecular weight excluding hydrogens is 241 g/mol. The van der Waals surface area contributed by atoms with Crippen LogP contribution >= 0.6 is 0 Å². The fourth-order valence-corrected chi connectivity index (χ4v) is 2.03. The van der Waals surface area contributed by atoms with Gasteiger partial charge in [0.25, 0.3) is 0 Å². The average molecular weight is 256 g/mol. The number of hydrogen-bond donors (Lipinski definition) is 1. The molecule has 0 aromatic rings. The van der Waals surface area contributed by atoms with Crippen LogP contribution in [0, 0.1) is 11.8 Å². The summed E-state index contributed by atoms with van der Waals surface area (Å²) in [7, 11) is 0. The van der Waals surface area contributed by atoms with Crippen molar-refractivity contribution in [1.82, 2.24) is 5.32 Å². The van der Waals surface area contributed by atoms with Crippen LogP contribution < -0.4 is 5.32 Å². The van der Waals surface area contributed by atoms with Crippen molar-refractivity contribution >= 4 is 6.21 Å². The summed E-state index contributed by atoms with van der Waals surface area (Å²) in [5, 5.41) is 3.19. The zero-order valence-corrected chi connectivity index (χ0v) is 10.0. The van der Waals surface area contributed by atoms with Crippen molar-refractivity contribution < 1.29 is 13.2 Å². The van der Waals surface area contributed by atoms with Crippen molar-refractivity contribution in [2.24, 2.45) is 16.8 Å². The van der Waals surface area contributed by atoms with Crippen molar-refractivity contribution in [1.29, 1.82) is 0 Å². The van der Waals surface area contributed by atoms with Crippen molar-refractivity contribution in [3.63, 3.8) is 0 Å². The van der Waals surface area contributed by atoms with Crippen LogP contribution in [0.5, 0.6) is 0 Å². The number of hydrogen-bond acceptors (Lipinski definition) is 2. The average Bonchev–Trinajstić information content (AvgIpc) is 2.34. The van der Waals surface area contributed by atoms with Crippen LogP contribution in [0.2, 0.25) is 0 Å². The SMILES string of the molecule is CCNCC1=CC2C=NC(C(F)(F)F)=CC2C=C1. The molecule has 0 amide bonds. The maximum Gasteiger partial charge on any atom is 0.433 e. The van der Waals surface area contributed by atoms with Gasteiger partial charge in [0.2, 0.25) is 0 Å². The zero-order valence-electron chi connectivity index (χ0n) is 10.0. The second-order valence-electron chi connectivity index (χ2n) is 4.36. The summed E-state index contributed by atoms with van der Waals surface area (Å²) in [4.78, 5) is 3.51. The van der Waals surface area contributed by atoms with E-state index in [1.54, 1.807) is 0 Å². The van der Waals surface area contributed by atoms with Gasteiger partial charge in [-0.1, -0.05) is 25.2 Å². The number of nitrogens with one attached hydrogen (secondary N) is 1. The van der Waals surface area contributed by atoms with E-state index >= 15 is 0 Å². The highest BCUT2D eigenvalue weighted by Crippen LogP contribution is 2.34. The molecule has 0 fully saturated rings. The first-order valence-corrected chi connectivity index (χ1v) is 5.93. The number of allylic oxidation sites excluding steroid dienone is 4. The van der Waals surface area contributed by atoms with Gasteiger partial charge in [-0.25, -0.2) is 0 Å². The molecular formula is C13H15F3N2. The van der Waals surface area contributed by atoms with Crippen molar-refractivity contribution in [2.75, 3.05) is 13.1 Å². The van der Waals surface area contributed by atoms with E-state index in [2.05, 4.69) is 10.3 Å². The maximum atomic E-state index is 12.5. The first-order valence-electron chi connectivity index (χ1n) is 5.93. The van der Waals surface area contributed by atoms with Crippen molar-refractivity contribution in [3.8, 4) is 0 Å². The van der Waals surface area contributed by atoms with Crippen LogP contribution in [0.1, 0.15) is 6.92 Å². The highest BCUT2D eigenvalue weighted by atomic mass is 19.4. The van der Waals surface area contributed by atoms with Crippen molar-refractivity contribution in [3.05, 3.63) is 35.6 Å². The maximum absolute atomic E-state index is 12.5. The molecule has 2 unspecified atom stereocenters. The number of halogens is 3. The lowest BCUT2D eigenvalue weighted by molar-refractivity contribution is -0.0930. The van der Waals surface area contributed by atoms with Gasteiger partial charge >= 0.3 is 6.18 Å². The van der Waals surface area contributed by atoms with Gasteiger partial charge in [0.1, 0.15) is 5.70 Å². The Balaban J connectivity index is 2.09. The third-order valence-electron chi connectivity index (χ3n) is 2.99. The minimum atomic E-state index is -4.36. The normalized spacial score (nSPS) is 26.7. The number of alkyl halides is 3. The molecule has 18 heavy (non-hydrogen) atoms. The Morgan fingerprint density at radius 2 is 2.06 bits per heavy atom. The second kappa shape index (κ2) is 5.10. The Hall–Kier alpha value is -1.36. The fourth-order valence-electron chi connectivity index (χ4n) is 2.03. The van der Waals surface area contributed by atoms with E-state index in [4.69, 9.17) is 0 Å². The molecule has 0 aromatic carbocycles. The minimum Gasteiger partial charge on any atom is -0.313 e. The van der Waals surface area contributed by atoms with Gasteiger partial charge in [-0.05, 0) is 18.2 Å². The molecule has 0 radical (unpaired) electrons. The van der Waals surface area contributed by atoms with Crippen LogP contribution in [-0.2, 0) is 0 Å². The molecule has 1 heterocycles. The van der Waals surface area contributed by atoms with Gasteiger partial charge in [-0.3, -0.25) is 4.99 Å². The van der Waals surface area contributed by atoms with Crippen LogP contribution in [0.15, 0.2) is 40.6 Å². The van der Waals surface area contributed by atoms with E-state index in [0.717, 1.165) is 18.7 Å². The summed E-state index contributed by atoms with van der Waals surface area (Å²) in [5.41, 5.74) is 0.297. The van der Waals surface area contributed by atoms with Gasteiger partial charge in [0, 0.05) is 24.6 Å². The summed E-state index contributed by atoms with van der Waals surface area (Å²) < 4.78 is 37.5. The Labute approximate surface area is 104 Å². The third-order valence-corrected chi connectivity index (χ3v) is 2.99. The lowest BCUT2D eigenvalue weighted by Gasteiger charge is -2.25. The predicted molar refractivity (Wildman–Crippen MR) is 65.4 cm³/mol. The predicted octanol–water partition coefficient (Wildman–Crippen LogP) is 2.86. The highest BCUT2D eigenvalue weighted by Gasteiger charge is 2.36. The van der Waals surface area contributed by atoms with Gasteiger partial charge in [-0.15, -0.1) is 0 Å². The van der Waals surface area contributed by atoms with Crippen LogP contribution in [0.25, 0.3) is 0 Å². The van der Waals surface area contributed by atoms with E-state index in [0.29, 0.717) is 0 Å².